The van der Waals surface area contributed by atoms with Crippen LogP contribution >= 0.6 is 23.2 Å². The summed E-state index contributed by atoms with van der Waals surface area (Å²) in [6.07, 6.45) is 6.15. The molecular weight excluding hydrogens is 423 g/mol. The van der Waals surface area contributed by atoms with Gasteiger partial charge in [0.2, 0.25) is 5.91 Å². The number of aromatic nitrogens is 2. The third kappa shape index (κ3) is 4.01. The minimum atomic E-state index is -0.408. The van der Waals surface area contributed by atoms with Gasteiger partial charge >= 0.3 is 0 Å². The zero-order chi connectivity index (χ0) is 21.3. The zero-order valence-electron chi connectivity index (χ0n) is 16.2. The number of nitrogens with zero attached hydrogens (tertiary/aromatic N) is 3. The molecule has 0 spiro atoms. The van der Waals surface area contributed by atoms with Gasteiger partial charge in [0.1, 0.15) is 5.69 Å². The second-order valence-electron chi connectivity index (χ2n) is 7.02. The van der Waals surface area contributed by atoms with Crippen LogP contribution in [0.3, 0.4) is 0 Å². The number of amides is 2. The van der Waals surface area contributed by atoms with Crippen LogP contribution in [0.4, 0.5) is 5.69 Å². The van der Waals surface area contributed by atoms with Crippen LogP contribution in [0.25, 0.3) is 11.1 Å². The number of carbonyl (C=O) groups is 2. The van der Waals surface area contributed by atoms with Gasteiger partial charge in [0.25, 0.3) is 5.91 Å². The Balaban J connectivity index is 1.51. The molecule has 0 saturated heterocycles. The third-order valence-corrected chi connectivity index (χ3v) is 5.86. The quantitative estimate of drug-likeness (QED) is 0.656. The summed E-state index contributed by atoms with van der Waals surface area (Å²) in [6, 6.07) is 9.53. The van der Waals surface area contributed by atoms with E-state index in [0.717, 1.165) is 34.4 Å². The van der Waals surface area contributed by atoms with Gasteiger partial charge in [-0.05, 0) is 47.4 Å². The highest BCUT2D eigenvalue weighted by Gasteiger charge is 2.21. The molecule has 0 saturated carbocycles. The van der Waals surface area contributed by atoms with Crippen LogP contribution in [0, 0.1) is 0 Å². The first-order chi connectivity index (χ1) is 14.4. The molecule has 0 aliphatic carbocycles. The van der Waals surface area contributed by atoms with Crippen LogP contribution in [0.1, 0.15) is 28.0 Å². The number of fused-ring (bicyclic) bond motifs is 1. The van der Waals surface area contributed by atoms with Gasteiger partial charge in [0, 0.05) is 49.9 Å². The Labute approximate surface area is 183 Å². The molecule has 152 valence electrons. The van der Waals surface area contributed by atoms with Crippen molar-refractivity contribution < 1.29 is 9.59 Å². The Morgan fingerprint density at radius 1 is 1.13 bits per heavy atom. The first-order valence-corrected chi connectivity index (χ1v) is 10.1. The summed E-state index contributed by atoms with van der Waals surface area (Å²) in [4.78, 5) is 34.3. The number of halogens is 2. The molecule has 3 heterocycles. The Morgan fingerprint density at radius 2 is 1.97 bits per heavy atom. The fraction of sp³-hybridized carbons (Fsp3) is 0.182. The van der Waals surface area contributed by atoms with E-state index in [-0.39, 0.29) is 28.2 Å². The monoisotopic (exact) mass is 440 g/mol. The van der Waals surface area contributed by atoms with Crippen LogP contribution in [-0.4, -0.2) is 28.8 Å². The first-order valence-electron chi connectivity index (χ1n) is 9.36. The highest BCUT2D eigenvalue weighted by molar-refractivity contribution is 6.43. The molecule has 1 N–H and O–H groups in total. The number of hydrogen-bond acceptors (Lipinski definition) is 4. The number of hydrogen-bond donors (Lipinski definition) is 1. The number of carbonyl (C=O) groups excluding carboxylic acids is 2. The molecule has 0 bridgehead atoms. The molecule has 0 unspecified atom stereocenters. The lowest BCUT2D eigenvalue weighted by Crippen LogP contribution is -2.30. The molecule has 2 aromatic heterocycles. The van der Waals surface area contributed by atoms with Crippen molar-refractivity contribution in [1.82, 2.24) is 15.3 Å². The fourth-order valence-electron chi connectivity index (χ4n) is 3.42. The van der Waals surface area contributed by atoms with Crippen molar-refractivity contribution in [3.05, 3.63) is 75.8 Å². The Kier molecular flexibility index (Phi) is 5.70. The van der Waals surface area contributed by atoms with Crippen LogP contribution in [0.5, 0.6) is 0 Å². The predicted octanol–water partition coefficient (Wildman–Crippen LogP) is 4.29. The van der Waals surface area contributed by atoms with E-state index in [0.29, 0.717) is 6.42 Å². The topological polar surface area (TPSA) is 75.2 Å². The first kappa shape index (κ1) is 20.3. The number of anilines is 1. The predicted molar refractivity (Wildman–Crippen MR) is 117 cm³/mol. The number of rotatable bonds is 4. The Morgan fingerprint density at radius 3 is 2.80 bits per heavy atom. The normalized spacial score (nSPS) is 13.2. The van der Waals surface area contributed by atoms with Gasteiger partial charge < -0.3 is 10.2 Å². The standard InChI is InChI=1S/C22H18Cl2N4O2/c1-28-18-4-2-14(9-15(18)3-5-19(28)29)16-8-13(10-25-12-16)11-27-22(30)21-20(24)17(23)6-7-26-21/h2,4,6-10,12H,3,5,11H2,1H3,(H,27,30). The van der Waals surface area contributed by atoms with Crippen molar-refractivity contribution in [3.8, 4) is 11.1 Å². The average molecular weight is 441 g/mol. The van der Waals surface area contributed by atoms with Gasteiger partial charge in [-0.1, -0.05) is 29.3 Å². The van der Waals surface area contributed by atoms with Gasteiger partial charge in [-0.25, -0.2) is 4.98 Å². The number of pyridine rings is 2. The van der Waals surface area contributed by atoms with Gasteiger partial charge in [-0.3, -0.25) is 14.6 Å². The fourth-order valence-corrected chi connectivity index (χ4v) is 3.77. The molecule has 6 nitrogen and oxygen atoms in total. The summed E-state index contributed by atoms with van der Waals surface area (Å²) in [7, 11) is 1.80. The largest absolute Gasteiger partial charge is 0.347 e. The van der Waals surface area contributed by atoms with E-state index >= 15 is 0 Å². The van der Waals surface area contributed by atoms with Crippen molar-refractivity contribution >= 4 is 40.7 Å². The molecule has 8 heteroatoms. The van der Waals surface area contributed by atoms with Gasteiger partial charge in [-0.15, -0.1) is 0 Å². The van der Waals surface area contributed by atoms with Crippen molar-refractivity contribution in [2.24, 2.45) is 0 Å². The third-order valence-electron chi connectivity index (χ3n) is 5.06. The summed E-state index contributed by atoms with van der Waals surface area (Å²) in [5.41, 5.74) is 4.94. The minimum Gasteiger partial charge on any atom is -0.347 e. The van der Waals surface area contributed by atoms with E-state index in [9.17, 15) is 9.59 Å². The van der Waals surface area contributed by atoms with Crippen LogP contribution in [0.2, 0.25) is 10.0 Å². The Hall–Kier alpha value is -2.96. The molecule has 3 aromatic rings. The molecule has 1 aliphatic heterocycles. The van der Waals surface area contributed by atoms with Crippen molar-refractivity contribution in [2.75, 3.05) is 11.9 Å². The van der Waals surface area contributed by atoms with E-state index in [1.807, 2.05) is 18.2 Å². The maximum Gasteiger partial charge on any atom is 0.271 e. The van der Waals surface area contributed by atoms with E-state index in [2.05, 4.69) is 21.4 Å². The second kappa shape index (κ2) is 8.42. The highest BCUT2D eigenvalue weighted by Crippen LogP contribution is 2.31. The molecule has 1 aliphatic rings. The van der Waals surface area contributed by atoms with E-state index in [4.69, 9.17) is 23.2 Å². The van der Waals surface area contributed by atoms with Gasteiger partial charge in [0.15, 0.2) is 0 Å². The maximum absolute atomic E-state index is 12.4. The number of nitrogens with one attached hydrogen (secondary N) is 1. The lowest BCUT2D eigenvalue weighted by molar-refractivity contribution is -0.118. The summed E-state index contributed by atoms with van der Waals surface area (Å²) >= 11 is 12.0. The number of aryl methyl sites for hydroxylation is 1. The van der Waals surface area contributed by atoms with E-state index < -0.39 is 5.91 Å². The smallest absolute Gasteiger partial charge is 0.271 e. The maximum atomic E-state index is 12.4. The SMILES string of the molecule is CN1C(=O)CCc2cc(-c3cncc(CNC(=O)c4nccc(Cl)c4Cl)c3)ccc21. The van der Waals surface area contributed by atoms with Crippen LogP contribution in [-0.2, 0) is 17.8 Å². The number of benzene rings is 1. The molecule has 0 radical (unpaired) electrons. The van der Waals surface area contributed by atoms with Crippen molar-refractivity contribution in [2.45, 2.75) is 19.4 Å². The van der Waals surface area contributed by atoms with Gasteiger partial charge in [0.05, 0.1) is 10.0 Å². The summed E-state index contributed by atoms with van der Waals surface area (Å²) in [6.45, 7) is 0.270. The molecule has 2 amide bonds. The highest BCUT2D eigenvalue weighted by atomic mass is 35.5. The molecule has 1 aromatic carbocycles. The summed E-state index contributed by atoms with van der Waals surface area (Å²) < 4.78 is 0. The Bertz CT molecular complexity index is 1150. The van der Waals surface area contributed by atoms with Crippen LogP contribution in [0.15, 0.2) is 48.9 Å². The molecule has 30 heavy (non-hydrogen) atoms. The average Bonchev–Trinajstić information content (AvgIpc) is 2.76. The molecule has 0 fully saturated rings. The second-order valence-corrected chi connectivity index (χ2v) is 7.80. The van der Waals surface area contributed by atoms with E-state index in [1.165, 1.54) is 12.3 Å². The van der Waals surface area contributed by atoms with Gasteiger partial charge in [-0.2, -0.15) is 0 Å². The lowest BCUT2D eigenvalue weighted by Gasteiger charge is -2.26. The summed E-state index contributed by atoms with van der Waals surface area (Å²) in [5, 5.41) is 3.20. The summed E-state index contributed by atoms with van der Waals surface area (Å²) in [5.74, 6) is -0.279. The molecule has 4 rings (SSSR count). The molecule has 0 atom stereocenters. The lowest BCUT2D eigenvalue weighted by atomic mass is 9.96. The minimum absolute atomic E-state index is 0.0848. The molecular formula is C22H18Cl2N4O2. The van der Waals surface area contributed by atoms with Crippen molar-refractivity contribution in [3.63, 3.8) is 0 Å². The van der Waals surface area contributed by atoms with Crippen molar-refractivity contribution in [1.29, 1.82) is 0 Å². The van der Waals surface area contributed by atoms with E-state index in [1.54, 1.807) is 24.3 Å². The van der Waals surface area contributed by atoms with Crippen LogP contribution < -0.4 is 10.2 Å². The zero-order valence-corrected chi connectivity index (χ0v) is 17.7.